The number of morpholine rings is 1. The number of piperidine rings is 2. The van der Waals surface area contributed by atoms with Gasteiger partial charge in [-0.15, -0.1) is 0 Å². The van der Waals surface area contributed by atoms with Crippen molar-refractivity contribution in [3.63, 3.8) is 0 Å². The molecule has 0 unspecified atom stereocenters. The van der Waals surface area contributed by atoms with Crippen LogP contribution in [0.25, 0.3) is 0 Å². The summed E-state index contributed by atoms with van der Waals surface area (Å²) in [5.41, 5.74) is 0.467. The molecule has 1 saturated carbocycles. The van der Waals surface area contributed by atoms with E-state index in [1.807, 2.05) is 4.90 Å². The van der Waals surface area contributed by atoms with Gasteiger partial charge in [-0.25, -0.2) is 0 Å². The molecule has 0 aromatic heterocycles. The van der Waals surface area contributed by atoms with Gasteiger partial charge in [-0.3, -0.25) is 9.59 Å². The maximum atomic E-state index is 12.8. The number of amides is 2. The molecule has 4 aliphatic rings. The Bertz CT molecular complexity index is 510. The SMILES string of the molecule is O=C(CC1CCN(C(=O)C2CC3(CCNCC3)C2)CC1)N1CCOCC1. The van der Waals surface area contributed by atoms with Crippen molar-refractivity contribution in [1.82, 2.24) is 15.1 Å². The van der Waals surface area contributed by atoms with Crippen molar-refractivity contribution < 1.29 is 14.3 Å². The molecule has 0 atom stereocenters. The molecule has 4 fully saturated rings. The first-order valence-electron chi connectivity index (χ1n) is 10.5. The van der Waals surface area contributed by atoms with E-state index in [1.54, 1.807) is 0 Å². The molecule has 26 heavy (non-hydrogen) atoms. The van der Waals surface area contributed by atoms with Crippen molar-refractivity contribution >= 4 is 11.8 Å². The van der Waals surface area contributed by atoms with Crippen molar-refractivity contribution in [3.05, 3.63) is 0 Å². The first-order chi connectivity index (χ1) is 12.7. The van der Waals surface area contributed by atoms with Gasteiger partial charge in [0, 0.05) is 38.5 Å². The summed E-state index contributed by atoms with van der Waals surface area (Å²) < 4.78 is 5.32. The zero-order valence-electron chi connectivity index (χ0n) is 15.9. The molecule has 146 valence electrons. The molecule has 1 aliphatic carbocycles. The quantitative estimate of drug-likeness (QED) is 0.820. The average molecular weight is 364 g/mol. The molecule has 3 saturated heterocycles. The monoisotopic (exact) mass is 363 g/mol. The van der Waals surface area contributed by atoms with E-state index in [4.69, 9.17) is 4.74 Å². The summed E-state index contributed by atoms with van der Waals surface area (Å²) in [6, 6.07) is 0. The third-order valence-corrected chi connectivity index (χ3v) is 7.13. The van der Waals surface area contributed by atoms with E-state index < -0.39 is 0 Å². The highest BCUT2D eigenvalue weighted by molar-refractivity contribution is 5.80. The van der Waals surface area contributed by atoms with Gasteiger partial charge in [0.2, 0.25) is 11.8 Å². The molecule has 3 heterocycles. The minimum absolute atomic E-state index is 0.264. The average Bonchev–Trinajstić information content (AvgIpc) is 2.67. The third kappa shape index (κ3) is 3.91. The number of ether oxygens (including phenoxy) is 1. The van der Waals surface area contributed by atoms with Gasteiger partial charge in [-0.05, 0) is 62.9 Å². The smallest absolute Gasteiger partial charge is 0.225 e. The Kier molecular flexibility index (Phi) is 5.50. The van der Waals surface area contributed by atoms with Gasteiger partial charge in [-0.2, -0.15) is 0 Å². The fourth-order valence-corrected chi connectivity index (χ4v) is 5.33. The van der Waals surface area contributed by atoms with Gasteiger partial charge < -0.3 is 19.9 Å². The summed E-state index contributed by atoms with van der Waals surface area (Å²) in [6.07, 6.45) is 7.27. The van der Waals surface area contributed by atoms with E-state index in [1.165, 1.54) is 12.8 Å². The minimum atomic E-state index is 0.264. The number of nitrogens with one attached hydrogen (secondary N) is 1. The van der Waals surface area contributed by atoms with Crippen LogP contribution >= 0.6 is 0 Å². The van der Waals surface area contributed by atoms with E-state index in [-0.39, 0.29) is 11.8 Å². The molecule has 2 amide bonds. The molecule has 4 rings (SSSR count). The largest absolute Gasteiger partial charge is 0.378 e. The first-order valence-corrected chi connectivity index (χ1v) is 10.5. The topological polar surface area (TPSA) is 61.9 Å². The molecule has 0 radical (unpaired) electrons. The first kappa shape index (κ1) is 18.2. The van der Waals surface area contributed by atoms with Crippen LogP contribution < -0.4 is 5.32 Å². The van der Waals surface area contributed by atoms with E-state index in [9.17, 15) is 9.59 Å². The standard InChI is InChI=1S/C20H33N3O3/c24-18(22-9-11-26-12-10-22)13-16-1-7-23(8-2-16)19(25)17-14-20(15-17)3-5-21-6-4-20/h16-17,21H,1-15H2. The number of carbonyl (C=O) groups is 2. The predicted octanol–water partition coefficient (Wildman–Crippen LogP) is 1.25. The van der Waals surface area contributed by atoms with Crippen LogP contribution in [0.3, 0.4) is 0 Å². The molecular formula is C20H33N3O3. The van der Waals surface area contributed by atoms with Crippen molar-refractivity contribution in [1.29, 1.82) is 0 Å². The van der Waals surface area contributed by atoms with Crippen molar-refractivity contribution in [2.75, 3.05) is 52.5 Å². The second-order valence-corrected chi connectivity index (χ2v) is 8.82. The lowest BCUT2D eigenvalue weighted by atomic mass is 9.57. The highest BCUT2D eigenvalue weighted by atomic mass is 16.5. The summed E-state index contributed by atoms with van der Waals surface area (Å²) in [4.78, 5) is 29.2. The molecule has 0 aromatic rings. The van der Waals surface area contributed by atoms with Crippen LogP contribution in [0, 0.1) is 17.3 Å². The summed E-state index contributed by atoms with van der Waals surface area (Å²) in [6.45, 7) is 6.70. The normalized spacial score (nSPS) is 27.4. The van der Waals surface area contributed by atoms with E-state index in [0.717, 1.165) is 65.0 Å². The lowest BCUT2D eigenvalue weighted by Gasteiger charge is -2.51. The Balaban J connectivity index is 1.19. The Morgan fingerprint density at radius 2 is 1.62 bits per heavy atom. The summed E-state index contributed by atoms with van der Waals surface area (Å²) in [7, 11) is 0. The summed E-state index contributed by atoms with van der Waals surface area (Å²) >= 11 is 0. The molecule has 0 bridgehead atoms. The second kappa shape index (κ2) is 7.85. The zero-order valence-corrected chi connectivity index (χ0v) is 15.9. The molecule has 1 spiro atoms. The number of hydrogen-bond acceptors (Lipinski definition) is 4. The molecule has 3 aliphatic heterocycles. The number of likely N-dealkylation sites (tertiary alicyclic amines) is 1. The number of hydrogen-bond donors (Lipinski definition) is 1. The van der Waals surface area contributed by atoms with Crippen LogP contribution in [0.15, 0.2) is 0 Å². The van der Waals surface area contributed by atoms with E-state index >= 15 is 0 Å². The number of nitrogens with zero attached hydrogens (tertiary/aromatic N) is 2. The molecular weight excluding hydrogens is 330 g/mol. The van der Waals surface area contributed by atoms with E-state index in [2.05, 4.69) is 10.2 Å². The highest BCUT2D eigenvalue weighted by Gasteiger charge is 2.48. The minimum Gasteiger partial charge on any atom is -0.378 e. The van der Waals surface area contributed by atoms with Crippen LogP contribution in [0.2, 0.25) is 0 Å². The molecule has 6 heteroatoms. The van der Waals surface area contributed by atoms with Gasteiger partial charge in [0.25, 0.3) is 0 Å². The zero-order chi connectivity index (χ0) is 18.0. The van der Waals surface area contributed by atoms with Crippen LogP contribution in [0.1, 0.15) is 44.9 Å². The van der Waals surface area contributed by atoms with Crippen LogP contribution in [0.4, 0.5) is 0 Å². The van der Waals surface area contributed by atoms with Crippen LogP contribution in [-0.2, 0) is 14.3 Å². The summed E-state index contributed by atoms with van der Waals surface area (Å²) in [5, 5.41) is 3.43. The maximum absolute atomic E-state index is 12.8. The molecule has 1 N–H and O–H groups in total. The number of rotatable bonds is 3. The van der Waals surface area contributed by atoms with Crippen molar-refractivity contribution in [2.45, 2.75) is 44.9 Å². The lowest BCUT2D eigenvalue weighted by molar-refractivity contribution is -0.146. The number of carbonyl (C=O) groups excluding carboxylic acids is 2. The fraction of sp³-hybridized carbons (Fsp3) is 0.900. The second-order valence-electron chi connectivity index (χ2n) is 8.82. The Labute approximate surface area is 156 Å². The van der Waals surface area contributed by atoms with Gasteiger partial charge >= 0.3 is 0 Å². The fourth-order valence-electron chi connectivity index (χ4n) is 5.33. The van der Waals surface area contributed by atoms with Crippen molar-refractivity contribution in [3.8, 4) is 0 Å². The Morgan fingerprint density at radius 1 is 0.962 bits per heavy atom. The van der Waals surface area contributed by atoms with Crippen LogP contribution in [0.5, 0.6) is 0 Å². The highest BCUT2D eigenvalue weighted by Crippen LogP contribution is 2.52. The third-order valence-electron chi connectivity index (χ3n) is 7.13. The Hall–Kier alpha value is -1.14. The van der Waals surface area contributed by atoms with Gasteiger partial charge in [0.05, 0.1) is 13.2 Å². The van der Waals surface area contributed by atoms with Gasteiger partial charge in [0.15, 0.2) is 0 Å². The van der Waals surface area contributed by atoms with Crippen LogP contribution in [-0.4, -0.2) is 74.1 Å². The molecule has 0 aromatic carbocycles. The van der Waals surface area contributed by atoms with Gasteiger partial charge in [-0.1, -0.05) is 0 Å². The summed E-state index contributed by atoms with van der Waals surface area (Å²) in [5.74, 6) is 1.35. The van der Waals surface area contributed by atoms with Gasteiger partial charge in [0.1, 0.15) is 0 Å². The molecule has 6 nitrogen and oxygen atoms in total. The lowest BCUT2D eigenvalue weighted by Crippen LogP contribution is -2.52. The maximum Gasteiger partial charge on any atom is 0.225 e. The van der Waals surface area contributed by atoms with E-state index in [0.29, 0.717) is 36.9 Å². The predicted molar refractivity (Wildman–Crippen MR) is 98.6 cm³/mol. The van der Waals surface area contributed by atoms with Crippen molar-refractivity contribution in [2.24, 2.45) is 17.3 Å². The Morgan fingerprint density at radius 3 is 2.27 bits per heavy atom.